The summed E-state index contributed by atoms with van der Waals surface area (Å²) in [4.78, 5) is 13.7. The average molecular weight is 270 g/mol. The fraction of sp³-hybridized carbons (Fsp3) is 0.529. The van der Waals surface area contributed by atoms with E-state index in [0.717, 1.165) is 18.4 Å². The Morgan fingerprint density at radius 2 is 1.95 bits per heavy atom. The predicted molar refractivity (Wildman–Crippen MR) is 78.6 cm³/mol. The van der Waals surface area contributed by atoms with Crippen LogP contribution in [0.5, 0.6) is 0 Å². The molecule has 1 fully saturated rings. The highest BCUT2D eigenvalue weighted by Gasteiger charge is 2.30. The van der Waals surface area contributed by atoms with E-state index in [1.165, 1.54) is 19.3 Å². The van der Waals surface area contributed by atoms with Gasteiger partial charge in [-0.15, -0.1) is 0 Å². The molecule has 0 aromatic heterocycles. The highest BCUT2D eigenvalue weighted by Crippen LogP contribution is 2.29. The number of carbonyl (C=O) groups excluding carboxylic acids is 1. The minimum absolute atomic E-state index is 0.00836. The number of nitrogens with zero attached hydrogens (tertiary/aromatic N) is 2. The van der Waals surface area contributed by atoms with Gasteiger partial charge in [0.25, 0.3) is 0 Å². The van der Waals surface area contributed by atoms with Gasteiger partial charge in [-0.2, -0.15) is 5.26 Å². The van der Waals surface area contributed by atoms with E-state index < -0.39 is 0 Å². The second-order valence-corrected chi connectivity index (χ2v) is 5.60. The number of hydrogen-bond acceptors (Lipinski definition) is 2. The van der Waals surface area contributed by atoms with Crippen molar-refractivity contribution in [2.24, 2.45) is 5.92 Å². The molecular weight excluding hydrogens is 248 g/mol. The zero-order valence-corrected chi connectivity index (χ0v) is 12.1. The van der Waals surface area contributed by atoms with Gasteiger partial charge < -0.3 is 4.90 Å². The monoisotopic (exact) mass is 270 g/mol. The second-order valence-electron chi connectivity index (χ2n) is 5.60. The molecule has 1 aromatic carbocycles. The molecule has 0 N–H and O–H groups in total. The summed E-state index contributed by atoms with van der Waals surface area (Å²) in [5.74, 6) is 0.326. The Morgan fingerprint density at radius 3 is 2.50 bits per heavy atom. The van der Waals surface area contributed by atoms with E-state index in [2.05, 4.69) is 6.07 Å². The summed E-state index contributed by atoms with van der Waals surface area (Å²) in [6.07, 6.45) is 5.75. The number of rotatable bonds is 4. The molecule has 1 saturated carbocycles. The lowest BCUT2D eigenvalue weighted by Gasteiger charge is -2.34. The quantitative estimate of drug-likeness (QED) is 0.840. The zero-order valence-electron chi connectivity index (χ0n) is 12.1. The maximum absolute atomic E-state index is 12.0. The molecule has 1 aliphatic rings. The third-order valence-corrected chi connectivity index (χ3v) is 4.16. The van der Waals surface area contributed by atoms with Crippen LogP contribution in [0, 0.1) is 17.2 Å². The van der Waals surface area contributed by atoms with Gasteiger partial charge in [-0.05, 0) is 24.3 Å². The molecule has 1 aliphatic carbocycles. The van der Waals surface area contributed by atoms with Crippen LogP contribution in [-0.2, 0) is 11.3 Å². The molecule has 0 heterocycles. The lowest BCUT2D eigenvalue weighted by Crippen LogP contribution is -2.42. The van der Waals surface area contributed by atoms with Crippen molar-refractivity contribution in [1.82, 2.24) is 4.90 Å². The highest BCUT2D eigenvalue weighted by atomic mass is 16.2. The molecule has 20 heavy (non-hydrogen) atoms. The molecule has 0 radical (unpaired) electrons. The first-order valence-corrected chi connectivity index (χ1v) is 7.43. The largest absolute Gasteiger partial charge is 0.322 e. The topological polar surface area (TPSA) is 44.1 Å². The van der Waals surface area contributed by atoms with Crippen molar-refractivity contribution in [2.45, 2.75) is 51.6 Å². The van der Waals surface area contributed by atoms with Gasteiger partial charge in [0.2, 0.25) is 5.91 Å². The van der Waals surface area contributed by atoms with Crippen molar-refractivity contribution in [3.63, 3.8) is 0 Å². The van der Waals surface area contributed by atoms with Crippen LogP contribution in [0.3, 0.4) is 0 Å². The Balaban J connectivity index is 2.13. The minimum Gasteiger partial charge on any atom is -0.322 e. The molecule has 2 rings (SSSR count). The van der Waals surface area contributed by atoms with E-state index in [1.807, 2.05) is 30.3 Å². The van der Waals surface area contributed by atoms with Crippen LogP contribution in [0.25, 0.3) is 0 Å². The fourth-order valence-electron chi connectivity index (χ4n) is 3.07. The first-order chi connectivity index (χ1) is 9.72. The molecule has 106 valence electrons. The minimum atomic E-state index is -0.284. The van der Waals surface area contributed by atoms with E-state index in [1.54, 1.807) is 11.8 Å². The number of carbonyl (C=O) groups is 1. The van der Waals surface area contributed by atoms with Gasteiger partial charge in [0.1, 0.15) is 6.04 Å². The number of nitriles is 1. The first kappa shape index (κ1) is 14.6. The van der Waals surface area contributed by atoms with Gasteiger partial charge in [0, 0.05) is 13.5 Å². The molecule has 3 nitrogen and oxygen atoms in total. The summed E-state index contributed by atoms with van der Waals surface area (Å²) < 4.78 is 0. The molecule has 0 saturated heterocycles. The Labute approximate surface area is 121 Å². The Hall–Kier alpha value is -1.82. The smallest absolute Gasteiger partial charge is 0.220 e. The maximum Gasteiger partial charge on any atom is 0.220 e. The van der Waals surface area contributed by atoms with Gasteiger partial charge in [-0.3, -0.25) is 4.79 Å². The number of amides is 1. The van der Waals surface area contributed by atoms with Gasteiger partial charge in [-0.1, -0.05) is 49.6 Å². The Kier molecular flexibility index (Phi) is 5.17. The summed E-state index contributed by atoms with van der Waals surface area (Å²) in [7, 11) is 0. The third kappa shape index (κ3) is 3.60. The van der Waals surface area contributed by atoms with Crippen LogP contribution in [0.4, 0.5) is 0 Å². The van der Waals surface area contributed by atoms with E-state index in [-0.39, 0.29) is 11.9 Å². The van der Waals surface area contributed by atoms with Crippen LogP contribution in [0.1, 0.15) is 44.6 Å². The standard InChI is InChI=1S/C17H22N2O/c1-14(20)19(13-15-8-4-2-5-9-15)17(12-18)16-10-6-3-7-11-16/h2,4-5,8-9,16-17H,3,6-7,10-11,13H2,1H3/t17-/m1/s1. The Bertz CT molecular complexity index is 472. The molecular formula is C17H22N2O. The number of hydrogen-bond donors (Lipinski definition) is 0. The molecule has 1 aromatic rings. The maximum atomic E-state index is 12.0. The van der Waals surface area contributed by atoms with Gasteiger partial charge in [0.05, 0.1) is 6.07 Å². The van der Waals surface area contributed by atoms with Crippen molar-refractivity contribution in [3.8, 4) is 6.07 Å². The van der Waals surface area contributed by atoms with Crippen LogP contribution < -0.4 is 0 Å². The van der Waals surface area contributed by atoms with E-state index in [0.29, 0.717) is 12.5 Å². The van der Waals surface area contributed by atoms with E-state index >= 15 is 0 Å². The molecule has 3 heteroatoms. The summed E-state index contributed by atoms with van der Waals surface area (Å²) in [6, 6.07) is 12.0. The van der Waals surface area contributed by atoms with Gasteiger partial charge in [0.15, 0.2) is 0 Å². The van der Waals surface area contributed by atoms with E-state index in [9.17, 15) is 10.1 Å². The summed E-state index contributed by atoms with van der Waals surface area (Å²) in [6.45, 7) is 2.10. The summed E-state index contributed by atoms with van der Waals surface area (Å²) in [5.41, 5.74) is 1.08. The van der Waals surface area contributed by atoms with Gasteiger partial charge in [-0.25, -0.2) is 0 Å². The van der Waals surface area contributed by atoms with Crippen molar-refractivity contribution in [2.75, 3.05) is 0 Å². The lowest BCUT2D eigenvalue weighted by atomic mass is 9.83. The third-order valence-electron chi connectivity index (χ3n) is 4.16. The first-order valence-electron chi connectivity index (χ1n) is 7.43. The second kappa shape index (κ2) is 7.09. The Morgan fingerprint density at radius 1 is 1.30 bits per heavy atom. The molecule has 1 amide bonds. The van der Waals surface area contributed by atoms with Gasteiger partial charge >= 0.3 is 0 Å². The zero-order chi connectivity index (χ0) is 14.4. The predicted octanol–water partition coefficient (Wildman–Crippen LogP) is 3.51. The molecule has 0 unspecified atom stereocenters. The van der Waals surface area contributed by atoms with Crippen LogP contribution in [0.2, 0.25) is 0 Å². The fourth-order valence-corrected chi connectivity index (χ4v) is 3.07. The van der Waals surface area contributed by atoms with Crippen LogP contribution >= 0.6 is 0 Å². The summed E-state index contributed by atoms with van der Waals surface area (Å²) >= 11 is 0. The highest BCUT2D eigenvalue weighted by molar-refractivity contribution is 5.74. The number of benzene rings is 1. The van der Waals surface area contributed by atoms with Crippen molar-refractivity contribution in [1.29, 1.82) is 5.26 Å². The van der Waals surface area contributed by atoms with Crippen LogP contribution in [-0.4, -0.2) is 16.8 Å². The average Bonchev–Trinajstić information content (AvgIpc) is 2.49. The van der Waals surface area contributed by atoms with Crippen molar-refractivity contribution < 1.29 is 4.79 Å². The van der Waals surface area contributed by atoms with Crippen LogP contribution in [0.15, 0.2) is 30.3 Å². The molecule has 0 spiro atoms. The normalized spacial score (nSPS) is 17.2. The SMILES string of the molecule is CC(=O)N(Cc1ccccc1)[C@H](C#N)C1CCCCC1. The molecule has 0 aliphatic heterocycles. The van der Waals surface area contributed by atoms with Crippen molar-refractivity contribution in [3.05, 3.63) is 35.9 Å². The van der Waals surface area contributed by atoms with Crippen molar-refractivity contribution >= 4 is 5.91 Å². The molecule has 1 atom stereocenters. The lowest BCUT2D eigenvalue weighted by molar-refractivity contribution is -0.132. The van der Waals surface area contributed by atoms with E-state index in [4.69, 9.17) is 0 Å². The summed E-state index contributed by atoms with van der Waals surface area (Å²) in [5, 5.41) is 9.53. The molecule has 0 bridgehead atoms.